The monoisotopic (exact) mass is 715 g/mol. The van der Waals surface area contributed by atoms with E-state index < -0.39 is 29.3 Å². The number of imide groups is 1. The number of hydrogen-bond donors (Lipinski definition) is 2. The number of anilines is 2. The van der Waals surface area contributed by atoms with Crippen molar-refractivity contribution in [2.45, 2.75) is 76.4 Å². The normalized spacial score (nSPS) is 22.5. The number of carbonyl (C=O) groups excluding carboxylic acids is 2. The molecule has 10 nitrogen and oxygen atoms in total. The van der Waals surface area contributed by atoms with Crippen molar-refractivity contribution in [2.75, 3.05) is 49.5 Å². The summed E-state index contributed by atoms with van der Waals surface area (Å²) >= 11 is 0. The van der Waals surface area contributed by atoms with Crippen LogP contribution in [0.5, 0.6) is 0 Å². The summed E-state index contributed by atoms with van der Waals surface area (Å²) in [6.45, 7) is 10.1. The molecule has 0 unspecified atom stereocenters. The van der Waals surface area contributed by atoms with E-state index in [1.54, 1.807) is 13.1 Å². The highest BCUT2D eigenvalue weighted by Crippen LogP contribution is 2.36. The van der Waals surface area contributed by atoms with Gasteiger partial charge in [-0.3, -0.25) is 14.9 Å². The number of likely N-dealkylation sites (tertiary alicyclic amines) is 1. The highest BCUT2D eigenvalue weighted by Gasteiger charge is 2.40. The molecule has 2 amide bonds. The summed E-state index contributed by atoms with van der Waals surface area (Å²) in [5.74, 6) is 0.266. The number of aromatic nitrogens is 3. The summed E-state index contributed by atoms with van der Waals surface area (Å²) in [4.78, 5) is 33.7. The third kappa shape index (κ3) is 7.20. The number of carbonyl (C=O) groups is 2. The zero-order valence-corrected chi connectivity index (χ0v) is 29.7. The summed E-state index contributed by atoms with van der Waals surface area (Å²) in [5, 5.41) is 15.9. The Morgan fingerprint density at radius 2 is 1.79 bits per heavy atom. The summed E-state index contributed by atoms with van der Waals surface area (Å²) in [7, 11) is 0. The van der Waals surface area contributed by atoms with E-state index in [0.29, 0.717) is 50.0 Å². The van der Waals surface area contributed by atoms with E-state index in [1.165, 1.54) is 17.7 Å². The van der Waals surface area contributed by atoms with Gasteiger partial charge in [0.1, 0.15) is 11.6 Å². The fourth-order valence-electron chi connectivity index (χ4n) is 7.77. The Kier molecular flexibility index (Phi) is 10.2. The lowest BCUT2D eigenvalue weighted by molar-refractivity contribution is -0.137. The number of fused-ring (bicyclic) bond motifs is 1. The number of benzene rings is 2. The van der Waals surface area contributed by atoms with Gasteiger partial charge in [-0.05, 0) is 76.2 Å². The number of halogens is 3. The standard InChI is InChI=1S/C39H44F3N7O3/c1-23(29-5-4-6-30(35(29)40)36(41)42)44-37-31-19-33(43-20-32(31)24(2)46-47-37)49-17-18-52-28(22-49)21-48-15-12-26(13-16-48)25-7-9-27(10-8-25)39(3)14-11-34(50)45-38(39)51/h4-10,19-20,23,26,28,36H,11-18,21-22H2,1-3H3,(H,44,47)(H,45,50,51)/t23-,28-,39-/m1/s1. The number of nitrogens with one attached hydrogen (secondary N) is 2. The first-order valence-corrected chi connectivity index (χ1v) is 18.0. The van der Waals surface area contributed by atoms with Crippen molar-refractivity contribution in [2.24, 2.45) is 0 Å². The van der Waals surface area contributed by atoms with Crippen LogP contribution in [-0.4, -0.2) is 77.3 Å². The first-order chi connectivity index (χ1) is 25.0. The molecular formula is C39H44F3N7O3. The number of amides is 2. The molecule has 3 aliphatic rings. The van der Waals surface area contributed by atoms with Crippen LogP contribution < -0.4 is 15.5 Å². The molecule has 2 N–H and O–H groups in total. The van der Waals surface area contributed by atoms with E-state index >= 15 is 0 Å². The largest absolute Gasteiger partial charge is 0.373 e. The van der Waals surface area contributed by atoms with Crippen molar-refractivity contribution in [1.82, 2.24) is 25.4 Å². The maximum Gasteiger partial charge on any atom is 0.266 e. The molecule has 2 aromatic heterocycles. The van der Waals surface area contributed by atoms with Crippen molar-refractivity contribution in [3.8, 4) is 0 Å². The number of ether oxygens (including phenoxy) is 1. The molecule has 4 aromatic rings. The van der Waals surface area contributed by atoms with Crippen LogP contribution in [0.15, 0.2) is 54.7 Å². The Labute approximate surface area is 301 Å². The van der Waals surface area contributed by atoms with E-state index in [0.717, 1.165) is 60.7 Å². The Morgan fingerprint density at radius 3 is 2.52 bits per heavy atom. The lowest BCUT2D eigenvalue weighted by Crippen LogP contribution is -2.49. The smallest absolute Gasteiger partial charge is 0.266 e. The van der Waals surface area contributed by atoms with Crippen molar-refractivity contribution >= 4 is 34.2 Å². The van der Waals surface area contributed by atoms with E-state index in [9.17, 15) is 22.8 Å². The van der Waals surface area contributed by atoms with Crippen molar-refractivity contribution in [3.63, 3.8) is 0 Å². The van der Waals surface area contributed by atoms with Gasteiger partial charge in [-0.15, -0.1) is 5.10 Å². The maximum atomic E-state index is 15.0. The molecule has 52 heavy (non-hydrogen) atoms. The zero-order chi connectivity index (χ0) is 36.6. The molecule has 0 aliphatic carbocycles. The van der Waals surface area contributed by atoms with Gasteiger partial charge in [0.2, 0.25) is 11.8 Å². The number of piperidine rings is 2. The average Bonchev–Trinajstić information content (AvgIpc) is 3.15. The molecule has 3 fully saturated rings. The van der Waals surface area contributed by atoms with Crippen molar-refractivity contribution < 1.29 is 27.5 Å². The third-order valence-corrected chi connectivity index (χ3v) is 11.1. The molecule has 3 aliphatic heterocycles. The number of rotatable bonds is 9. The van der Waals surface area contributed by atoms with E-state index in [4.69, 9.17) is 9.72 Å². The lowest BCUT2D eigenvalue weighted by atomic mass is 9.75. The lowest BCUT2D eigenvalue weighted by Gasteiger charge is -2.39. The molecule has 5 heterocycles. The molecule has 3 atom stereocenters. The Morgan fingerprint density at radius 1 is 1.04 bits per heavy atom. The number of alkyl halides is 2. The predicted molar refractivity (Wildman–Crippen MR) is 192 cm³/mol. The topological polar surface area (TPSA) is 113 Å². The number of pyridine rings is 1. The SMILES string of the molecule is Cc1nnc(N[C@H](C)c2cccc(C(F)F)c2F)c2cc(N3CCO[C@H](CN4CCC(c5ccc([C@@]6(C)CCC(=O)NC6=O)cc5)CC4)C3)ncc12. The van der Waals surface area contributed by atoms with Crippen LogP contribution in [0.25, 0.3) is 10.8 Å². The third-order valence-electron chi connectivity index (χ3n) is 11.1. The van der Waals surface area contributed by atoms with Gasteiger partial charge in [-0.25, -0.2) is 18.2 Å². The highest BCUT2D eigenvalue weighted by atomic mass is 19.3. The Balaban J connectivity index is 0.979. The molecule has 0 spiro atoms. The maximum absolute atomic E-state index is 15.0. The minimum atomic E-state index is -2.91. The van der Waals surface area contributed by atoms with Crippen molar-refractivity contribution in [1.29, 1.82) is 0 Å². The fourth-order valence-corrected chi connectivity index (χ4v) is 7.77. The molecule has 3 saturated heterocycles. The summed E-state index contributed by atoms with van der Waals surface area (Å²) in [5.41, 5.74) is 1.72. The molecule has 7 rings (SSSR count). The van der Waals surface area contributed by atoms with Crippen LogP contribution >= 0.6 is 0 Å². The van der Waals surface area contributed by atoms with Gasteiger partial charge in [0.15, 0.2) is 5.82 Å². The van der Waals surface area contributed by atoms with Crippen LogP contribution in [0, 0.1) is 12.7 Å². The molecular weight excluding hydrogens is 671 g/mol. The van der Waals surface area contributed by atoms with Gasteiger partial charge in [0, 0.05) is 48.6 Å². The van der Waals surface area contributed by atoms with Gasteiger partial charge >= 0.3 is 0 Å². The number of nitrogens with zero attached hydrogens (tertiary/aromatic N) is 5. The van der Waals surface area contributed by atoms with Crippen molar-refractivity contribution in [3.05, 3.63) is 88.5 Å². The molecule has 0 saturated carbocycles. The summed E-state index contributed by atoms with van der Waals surface area (Å²) in [6, 6.07) is 13.7. The molecule has 0 radical (unpaired) electrons. The predicted octanol–water partition coefficient (Wildman–Crippen LogP) is 6.36. The van der Waals surface area contributed by atoms with Crippen LogP contribution in [0.4, 0.5) is 24.8 Å². The second kappa shape index (κ2) is 14.8. The second-order valence-electron chi connectivity index (χ2n) is 14.5. The summed E-state index contributed by atoms with van der Waals surface area (Å²) < 4.78 is 47.9. The number of hydrogen-bond acceptors (Lipinski definition) is 9. The van der Waals surface area contributed by atoms with Gasteiger partial charge < -0.3 is 19.9 Å². The number of morpholine rings is 1. The van der Waals surface area contributed by atoms with Crippen LogP contribution in [0.3, 0.4) is 0 Å². The van der Waals surface area contributed by atoms with Gasteiger partial charge in [-0.2, -0.15) is 5.10 Å². The van der Waals surface area contributed by atoms with Gasteiger partial charge in [0.05, 0.1) is 35.4 Å². The van der Waals surface area contributed by atoms with Crippen LogP contribution in [-0.2, 0) is 19.7 Å². The van der Waals surface area contributed by atoms with E-state index in [2.05, 4.69) is 42.8 Å². The summed E-state index contributed by atoms with van der Waals surface area (Å²) in [6.07, 6.45) is 1.78. The zero-order valence-electron chi connectivity index (χ0n) is 29.7. The highest BCUT2D eigenvalue weighted by molar-refractivity contribution is 6.03. The Hall–Kier alpha value is -4.62. The molecule has 274 valence electrons. The quantitative estimate of drug-likeness (QED) is 0.191. The second-order valence-corrected chi connectivity index (χ2v) is 14.5. The number of aryl methyl sites for hydroxylation is 1. The fraction of sp³-hybridized carbons (Fsp3) is 0.462. The first kappa shape index (κ1) is 35.8. The minimum absolute atomic E-state index is 0.00338. The van der Waals surface area contributed by atoms with E-state index in [-0.39, 0.29) is 23.5 Å². The molecule has 0 bridgehead atoms. The average molecular weight is 716 g/mol. The van der Waals surface area contributed by atoms with Crippen LogP contribution in [0.1, 0.15) is 85.9 Å². The van der Waals surface area contributed by atoms with Gasteiger partial charge in [-0.1, -0.05) is 42.5 Å². The Bertz CT molecular complexity index is 1950. The molecule has 13 heteroatoms. The van der Waals surface area contributed by atoms with Gasteiger partial charge in [0.25, 0.3) is 6.43 Å². The van der Waals surface area contributed by atoms with Crippen LogP contribution in [0.2, 0.25) is 0 Å². The first-order valence-electron chi connectivity index (χ1n) is 18.0. The van der Waals surface area contributed by atoms with E-state index in [1.807, 2.05) is 32.0 Å². The minimum Gasteiger partial charge on any atom is -0.373 e. The molecule has 2 aromatic carbocycles.